The molecule has 10 heteroatoms. The third kappa shape index (κ3) is 4.80. The Morgan fingerprint density at radius 1 is 0.812 bits per heavy atom. The van der Waals surface area contributed by atoms with Gasteiger partial charge in [-0.3, -0.25) is 0 Å². The van der Waals surface area contributed by atoms with Crippen LogP contribution in [-0.4, -0.2) is 49.9 Å². The van der Waals surface area contributed by atoms with Crippen LogP contribution in [0.15, 0.2) is 0 Å². The predicted molar refractivity (Wildman–Crippen MR) is 69.6 cm³/mol. The van der Waals surface area contributed by atoms with Crippen molar-refractivity contribution in [2.24, 2.45) is 0 Å². The van der Waals surface area contributed by atoms with Gasteiger partial charge in [0.15, 0.2) is 0 Å². The Kier molecular flexibility index (Phi) is 6.66. The Morgan fingerprint density at radius 2 is 1.06 bits per heavy atom. The molecule has 98 valence electrons. The Morgan fingerprint density at radius 3 is 1.25 bits per heavy atom. The highest BCUT2D eigenvalue weighted by Gasteiger charge is 2.21. The molecule has 0 radical (unpaired) electrons. The molecule has 0 aliphatic heterocycles. The van der Waals surface area contributed by atoms with Gasteiger partial charge in [-0.1, -0.05) is 0 Å². The smallest absolute Gasteiger partial charge is 0.211 e. The number of hydrogen-bond acceptors (Lipinski definition) is 6. The van der Waals surface area contributed by atoms with Crippen LogP contribution in [0.5, 0.6) is 0 Å². The molecule has 0 aromatic rings. The van der Waals surface area contributed by atoms with E-state index in [1.165, 1.54) is 27.9 Å². The lowest BCUT2D eigenvalue weighted by Gasteiger charge is -2.18. The van der Waals surface area contributed by atoms with Crippen LogP contribution in [0.25, 0.3) is 0 Å². The third-order valence-corrected chi connectivity index (χ3v) is 9.19. The molecule has 0 atom stereocenters. The predicted octanol–water partition coefficient (Wildman–Crippen LogP) is 0.761. The lowest BCUT2D eigenvalue weighted by Crippen LogP contribution is -2.24. The summed E-state index contributed by atoms with van der Waals surface area (Å²) in [7, 11) is -2.07. The first kappa shape index (κ1) is 16.5. The van der Waals surface area contributed by atoms with E-state index < -0.39 is 20.0 Å². The zero-order valence-electron chi connectivity index (χ0n) is 9.57. The van der Waals surface area contributed by atoms with Crippen molar-refractivity contribution in [1.29, 1.82) is 0 Å². The molecule has 0 heterocycles. The Hall–Kier alpha value is 0.520. The van der Waals surface area contributed by atoms with Gasteiger partial charge in [-0.25, -0.2) is 16.8 Å². The van der Waals surface area contributed by atoms with Crippen molar-refractivity contribution in [3.8, 4) is 0 Å². The molecule has 0 N–H and O–H groups in total. The standard InChI is InChI=1S/C6H16N2O4S4/c1-5-15(9,10)7(3)13-14-8(4)16(11,12)6-2/h5-6H2,1-4H3. The summed E-state index contributed by atoms with van der Waals surface area (Å²) in [5, 5.41) is 0. The molecule has 0 amide bonds. The molecule has 0 rings (SSSR count). The van der Waals surface area contributed by atoms with Gasteiger partial charge in [0.1, 0.15) is 0 Å². The van der Waals surface area contributed by atoms with E-state index in [1.807, 2.05) is 0 Å². The minimum Gasteiger partial charge on any atom is -0.211 e. The van der Waals surface area contributed by atoms with E-state index in [0.29, 0.717) is 0 Å². The van der Waals surface area contributed by atoms with Gasteiger partial charge in [0.25, 0.3) is 0 Å². The van der Waals surface area contributed by atoms with E-state index in [0.717, 1.165) is 29.4 Å². The molecule has 0 fully saturated rings. The summed E-state index contributed by atoms with van der Waals surface area (Å²) in [4.78, 5) is 0. The van der Waals surface area contributed by atoms with Crippen LogP contribution < -0.4 is 0 Å². The van der Waals surface area contributed by atoms with E-state index in [1.54, 1.807) is 0 Å². The van der Waals surface area contributed by atoms with Crippen molar-refractivity contribution in [2.45, 2.75) is 13.8 Å². The van der Waals surface area contributed by atoms with Gasteiger partial charge in [-0.15, -0.1) is 7.42 Å². The first-order chi connectivity index (χ1) is 7.17. The van der Waals surface area contributed by atoms with Crippen LogP contribution >= 0.6 is 22.0 Å². The lowest BCUT2D eigenvalue weighted by atomic mass is 11.0. The van der Waals surface area contributed by atoms with Crippen molar-refractivity contribution in [3.05, 3.63) is 0 Å². The van der Waals surface area contributed by atoms with E-state index >= 15 is 0 Å². The third-order valence-electron chi connectivity index (χ3n) is 1.76. The molecule has 0 aromatic carbocycles. The zero-order valence-corrected chi connectivity index (χ0v) is 12.8. The van der Waals surface area contributed by atoms with E-state index in [4.69, 9.17) is 0 Å². The second-order valence-corrected chi connectivity index (χ2v) is 10.1. The molecule has 0 aromatic heterocycles. The molecule has 0 spiro atoms. The highest BCUT2D eigenvalue weighted by Crippen LogP contribution is 2.31. The van der Waals surface area contributed by atoms with Crippen LogP contribution in [0, 0.1) is 0 Å². The molecule has 0 unspecified atom stereocenters. The van der Waals surface area contributed by atoms with Crippen molar-refractivity contribution < 1.29 is 16.8 Å². The van der Waals surface area contributed by atoms with Crippen LogP contribution in [0.3, 0.4) is 0 Å². The van der Waals surface area contributed by atoms with Crippen molar-refractivity contribution >= 4 is 42.0 Å². The molecule has 0 aliphatic carbocycles. The van der Waals surface area contributed by atoms with Crippen molar-refractivity contribution in [2.75, 3.05) is 25.6 Å². The molecular weight excluding hydrogens is 292 g/mol. The van der Waals surface area contributed by atoms with E-state index in [-0.39, 0.29) is 11.5 Å². The van der Waals surface area contributed by atoms with E-state index in [9.17, 15) is 16.8 Å². The maximum Gasteiger partial charge on any atom is 0.223 e. The molecule has 0 saturated carbocycles. The first-order valence-corrected chi connectivity index (χ1v) is 9.73. The normalized spacial score (nSPS) is 13.6. The Bertz CT molecular complexity index is 364. The quantitative estimate of drug-likeness (QED) is 0.510. The summed E-state index contributed by atoms with van der Waals surface area (Å²) < 4.78 is 47.5. The number of hydrogen-bond donors (Lipinski definition) is 0. The number of rotatable bonds is 7. The van der Waals surface area contributed by atoms with Gasteiger partial charge in [0, 0.05) is 36.1 Å². The van der Waals surface area contributed by atoms with Gasteiger partial charge in [0.2, 0.25) is 20.0 Å². The second-order valence-electron chi connectivity index (χ2n) is 2.77. The summed E-state index contributed by atoms with van der Waals surface area (Å²) >= 11 is 0. The van der Waals surface area contributed by atoms with Crippen molar-refractivity contribution in [3.63, 3.8) is 0 Å². The van der Waals surface area contributed by atoms with Gasteiger partial charge >= 0.3 is 0 Å². The fraction of sp³-hybridized carbons (Fsp3) is 1.00. The SMILES string of the molecule is CCS(=O)(=O)N(C)SSN(C)S(=O)(=O)CC. The maximum absolute atomic E-state index is 11.4. The molecule has 0 saturated heterocycles. The average molecular weight is 308 g/mol. The topological polar surface area (TPSA) is 74.8 Å². The highest BCUT2D eigenvalue weighted by molar-refractivity contribution is 8.76. The molecular formula is C6H16N2O4S4. The second kappa shape index (κ2) is 6.45. The summed E-state index contributed by atoms with van der Waals surface area (Å²) in [5.74, 6) is -0.0252. The summed E-state index contributed by atoms with van der Waals surface area (Å²) in [6.45, 7) is 3.06. The summed E-state index contributed by atoms with van der Waals surface area (Å²) in [5.41, 5.74) is 0. The zero-order chi connectivity index (χ0) is 13.0. The van der Waals surface area contributed by atoms with Gasteiger partial charge < -0.3 is 0 Å². The monoisotopic (exact) mass is 308 g/mol. The average Bonchev–Trinajstić information content (AvgIpc) is 2.24. The Balaban J connectivity index is 4.39. The largest absolute Gasteiger partial charge is 0.223 e. The summed E-state index contributed by atoms with van der Waals surface area (Å²) in [6, 6.07) is 0. The van der Waals surface area contributed by atoms with Crippen LogP contribution in [0.1, 0.15) is 13.8 Å². The van der Waals surface area contributed by atoms with Crippen molar-refractivity contribution in [1.82, 2.24) is 7.42 Å². The minimum absolute atomic E-state index is 0.0126. The fourth-order valence-corrected chi connectivity index (χ4v) is 5.56. The highest BCUT2D eigenvalue weighted by atomic mass is 33.1. The van der Waals surface area contributed by atoms with Gasteiger partial charge in [0.05, 0.1) is 11.5 Å². The molecule has 0 bridgehead atoms. The number of nitrogens with zero attached hydrogens (tertiary/aromatic N) is 2. The van der Waals surface area contributed by atoms with Crippen LogP contribution in [0.4, 0.5) is 0 Å². The molecule has 16 heavy (non-hydrogen) atoms. The fourth-order valence-electron chi connectivity index (χ4n) is 0.550. The number of sulfonamides is 2. The van der Waals surface area contributed by atoms with Crippen LogP contribution in [0.2, 0.25) is 0 Å². The maximum atomic E-state index is 11.4. The summed E-state index contributed by atoms with van der Waals surface area (Å²) in [6.07, 6.45) is 0. The van der Waals surface area contributed by atoms with Gasteiger partial charge in [-0.05, 0) is 13.8 Å². The molecule has 6 nitrogen and oxygen atoms in total. The van der Waals surface area contributed by atoms with Crippen LogP contribution in [-0.2, 0) is 20.0 Å². The Labute approximate surface area is 106 Å². The minimum atomic E-state index is -3.29. The van der Waals surface area contributed by atoms with E-state index in [2.05, 4.69) is 0 Å². The first-order valence-electron chi connectivity index (χ1n) is 4.45. The lowest BCUT2D eigenvalue weighted by molar-refractivity contribution is 0.563. The molecule has 0 aliphatic rings. The van der Waals surface area contributed by atoms with Gasteiger partial charge in [-0.2, -0.15) is 0 Å².